The molecule has 20 rings (SSSR count). The second-order valence-electron chi connectivity index (χ2n) is 55.9. The Bertz CT molecular complexity index is 3830. The number of alkyl halides is 2. The summed E-state index contributed by atoms with van der Waals surface area (Å²) < 4.78 is 15.1. The van der Waals surface area contributed by atoms with Crippen LogP contribution in [-0.4, -0.2) is 88.5 Å². The van der Waals surface area contributed by atoms with Gasteiger partial charge in [0, 0.05) is 5.33 Å². The number of aliphatic hydroxyl groups excluding tert-OH is 2. The second-order valence-corrected chi connectivity index (χ2v) is 56.4. The van der Waals surface area contributed by atoms with Gasteiger partial charge in [0.1, 0.15) is 6.17 Å². The largest absolute Gasteiger partial charge is 0.392 e. The van der Waals surface area contributed by atoms with Gasteiger partial charge >= 0.3 is 0 Å². The number of hydrogen-bond donors (Lipinski definition) is 7. The van der Waals surface area contributed by atoms with Gasteiger partial charge < -0.3 is 35.7 Å². The number of fused-ring (bicyclic) bond motifs is 25. The van der Waals surface area contributed by atoms with E-state index in [1.165, 1.54) is 197 Å². The van der Waals surface area contributed by atoms with Gasteiger partial charge in [-0.3, -0.25) is 0 Å². The highest BCUT2D eigenvalue weighted by atomic mass is 79.9. The summed E-state index contributed by atoms with van der Waals surface area (Å²) in [7, 11) is 0. The molecule has 20 aliphatic carbocycles. The maximum Gasteiger partial charge on any atom is 0.104 e. The molecule has 126 heavy (non-hydrogen) atoms. The fourth-order valence-electron chi connectivity index (χ4n) is 41.4. The molecule has 0 amide bonds. The van der Waals surface area contributed by atoms with Crippen molar-refractivity contribution in [3.8, 4) is 0 Å². The zero-order valence-corrected chi connectivity index (χ0v) is 85.9. The molecule has 0 aromatic carbocycles. The maximum atomic E-state index is 15.1. The van der Waals surface area contributed by atoms with E-state index in [0.29, 0.717) is 103 Å². The van der Waals surface area contributed by atoms with E-state index < -0.39 is 34.2 Å². The van der Waals surface area contributed by atoms with E-state index in [2.05, 4.69) is 173 Å². The lowest BCUT2D eigenvalue weighted by molar-refractivity contribution is -0.144. The van der Waals surface area contributed by atoms with Crippen molar-refractivity contribution in [2.24, 2.45) is 227 Å². The molecule has 0 radical (unpaired) electrons. The van der Waals surface area contributed by atoms with E-state index in [9.17, 15) is 35.7 Å². The van der Waals surface area contributed by atoms with Crippen LogP contribution in [0.5, 0.6) is 0 Å². The van der Waals surface area contributed by atoms with Gasteiger partial charge in [0.25, 0.3) is 0 Å². The Labute approximate surface area is 779 Å². The van der Waals surface area contributed by atoms with Crippen molar-refractivity contribution in [2.75, 3.05) is 18.5 Å². The molecule has 7 nitrogen and oxygen atoms in total. The standard InChI is InChI=1S/C24H39BrO.C24H40O2.C24H40O.C23H38O2.C22H35FO/c2*1-15(14-25)19-6-7-20-18-12-22(2,3)21-13-23(4,26)10-8-17(21)16(18)9-11-24(19,20)5;1-15(2)19-7-8-20-18-13-22(3,4)21-14-23(5,25)11-9-17(21)16(18)10-12-24(19,20)6;1-14-11-18-16(17-7-9-22(3,25)12-19(14)17)8-10-23(4)20(15(2)13-24)5-6-21(18)23;1-13(2)18-5-6-19-16-11-20(23)17-12-21(3,24)9-7-15(17)14(16)8-10-22(18,19)4/h16-21,26H,1,6-14H2,2-5H3;16-21,25-26H,1,6-14H2,2-5H3;16-21,25H,1,7-14H2,2-6H3;14,16-21,24-25H,2,5-13H2,1,3-4H3;14-20,24H,1,5-12H2,2-4H3/t3*16-,17-,18-,19-,20+,21-,23+,24-;14-,16-,17-,18-,19+,20-,21+,22+,23-;14-,15-,16-,17-,18-,19+,20-,21+,22-/m11111/s1. The minimum Gasteiger partial charge on any atom is -0.392 e. The Kier molecular flexibility index (Phi) is 27.2. The summed E-state index contributed by atoms with van der Waals surface area (Å²) in [4.78, 5) is 0. The van der Waals surface area contributed by atoms with Gasteiger partial charge in [0.05, 0.1) is 41.2 Å². The highest BCUT2D eigenvalue weighted by Gasteiger charge is 2.68. The fourth-order valence-corrected chi connectivity index (χ4v) is 41.8. The number of rotatable bonds is 8. The zero-order chi connectivity index (χ0) is 91.3. The highest BCUT2D eigenvalue weighted by molar-refractivity contribution is 9.09. The van der Waals surface area contributed by atoms with Crippen molar-refractivity contribution < 1.29 is 40.1 Å². The van der Waals surface area contributed by atoms with E-state index >= 15 is 4.39 Å². The monoisotopic (exact) mass is 1810 g/mol. The molecule has 20 saturated carbocycles. The molecule has 0 aliphatic heterocycles. The molecule has 716 valence electrons. The summed E-state index contributed by atoms with van der Waals surface area (Å²) in [6.07, 6.45) is 48.0. The minimum absolute atomic E-state index is 0.109. The molecular formula is C117H192BrFO7. The van der Waals surface area contributed by atoms with Gasteiger partial charge in [-0.15, -0.1) is 0 Å². The van der Waals surface area contributed by atoms with Gasteiger partial charge in [-0.05, 0) is 543 Å². The first-order chi connectivity index (χ1) is 58.7. The van der Waals surface area contributed by atoms with E-state index in [1.807, 2.05) is 6.92 Å². The van der Waals surface area contributed by atoms with Crippen LogP contribution in [0, 0.1) is 227 Å². The van der Waals surface area contributed by atoms with E-state index in [-0.39, 0.29) is 19.1 Å². The number of hydrogen-bond acceptors (Lipinski definition) is 7. The van der Waals surface area contributed by atoms with Gasteiger partial charge in [0.15, 0.2) is 0 Å². The molecule has 20 aliphatic rings. The summed E-state index contributed by atoms with van der Waals surface area (Å²) in [5, 5.41) is 73.6. The Morgan fingerprint density at radius 2 is 0.508 bits per heavy atom. The normalized spacial score (nSPS) is 54.3. The van der Waals surface area contributed by atoms with Crippen LogP contribution in [0.4, 0.5) is 4.39 Å². The lowest BCUT2D eigenvalue weighted by Gasteiger charge is -2.61. The predicted octanol–water partition coefficient (Wildman–Crippen LogP) is 28.3. The van der Waals surface area contributed by atoms with Crippen LogP contribution < -0.4 is 0 Å². The van der Waals surface area contributed by atoms with Crippen molar-refractivity contribution in [2.45, 2.75) is 423 Å². The first-order valence-corrected chi connectivity index (χ1v) is 55.2. The van der Waals surface area contributed by atoms with Gasteiger partial charge in [-0.25, -0.2) is 4.39 Å². The van der Waals surface area contributed by atoms with Crippen LogP contribution >= 0.6 is 15.9 Å². The molecular weight excluding hydrogens is 1620 g/mol. The fraction of sp³-hybridized carbons (Fsp3) is 0.915. The Balaban J connectivity index is 0.000000116. The quantitative estimate of drug-likeness (QED) is 0.0948. The lowest BCUT2D eigenvalue weighted by atomic mass is 9.44. The highest BCUT2D eigenvalue weighted by Crippen LogP contribution is 2.75. The van der Waals surface area contributed by atoms with E-state index in [4.69, 9.17) is 0 Å². The molecule has 0 saturated heterocycles. The van der Waals surface area contributed by atoms with Crippen molar-refractivity contribution in [1.82, 2.24) is 0 Å². The number of halogens is 2. The SMILES string of the molecule is C=C(C)[C@H]1CC[C@H]2[C@@H]3CC(C)(C)[C@@H]4C[C@@](C)(O)CC[C@@H]4[C@H]3CC[C@]12C.C=C(C)[C@H]1CC[C@H]2[C@@H]3C[C@@H](F)[C@@H]4C[C@@](C)(O)CC[C@@H]4[C@H]3CC[C@]12C.C=C(CBr)[C@H]1CC[C@H]2[C@@H]3CC(C)(C)[C@@H]4C[C@@](C)(O)CC[C@@H]4[C@H]3CC[C@]12C.C=C(CO)[C@H]1CC[C@H]2[C@@H]3CC(C)(C)[C@@H]4C[C@@](C)(O)CC[C@@H]4[C@H]3CC[C@]12C.C=C(CO)[C@H]1CC[C@H]2[C@@H]3C[C@@H](C)[C@@H]4C[C@@](C)(O)CC[C@@H]4[C@H]3CC[C@]12C. The average Bonchev–Trinajstić information content (AvgIpc) is 1.33. The molecule has 9 heteroatoms. The first-order valence-electron chi connectivity index (χ1n) is 54.1. The third-order valence-electron chi connectivity index (χ3n) is 47.2. The summed E-state index contributed by atoms with van der Waals surface area (Å²) in [6, 6.07) is 0. The van der Waals surface area contributed by atoms with Crippen LogP contribution in [0.3, 0.4) is 0 Å². The van der Waals surface area contributed by atoms with Gasteiger partial charge in [-0.2, -0.15) is 0 Å². The zero-order valence-electron chi connectivity index (χ0n) is 84.3. The molecule has 0 heterocycles. The van der Waals surface area contributed by atoms with E-state index in [1.54, 1.807) is 0 Å². The molecule has 0 unspecified atom stereocenters. The van der Waals surface area contributed by atoms with Gasteiger partial charge in [-0.1, -0.05) is 149 Å². The van der Waals surface area contributed by atoms with Crippen LogP contribution in [0.1, 0.15) is 388 Å². The Morgan fingerprint density at radius 1 is 0.270 bits per heavy atom. The third-order valence-corrected chi connectivity index (χ3v) is 47.9. The molecule has 0 aromatic rings. The molecule has 0 bridgehead atoms. The van der Waals surface area contributed by atoms with Crippen LogP contribution in [-0.2, 0) is 0 Å². The van der Waals surface area contributed by atoms with Crippen molar-refractivity contribution in [1.29, 1.82) is 0 Å². The van der Waals surface area contributed by atoms with Crippen molar-refractivity contribution in [3.05, 3.63) is 60.8 Å². The molecule has 42 atom stereocenters. The number of allylic oxidation sites excluding steroid dienone is 3. The summed E-state index contributed by atoms with van der Waals surface area (Å²) in [6.45, 7) is 66.7. The Hall–Kier alpha value is -1.17. The smallest absolute Gasteiger partial charge is 0.104 e. The van der Waals surface area contributed by atoms with Crippen LogP contribution in [0.15, 0.2) is 60.8 Å². The van der Waals surface area contributed by atoms with Crippen LogP contribution in [0.2, 0.25) is 0 Å². The molecule has 20 fully saturated rings. The Morgan fingerprint density at radius 3 is 0.817 bits per heavy atom. The van der Waals surface area contributed by atoms with Crippen molar-refractivity contribution >= 4 is 15.9 Å². The van der Waals surface area contributed by atoms with Gasteiger partial charge in [0.2, 0.25) is 0 Å². The lowest BCUT2D eigenvalue weighted by Crippen LogP contribution is -2.55. The molecule has 0 aromatic heterocycles. The number of aliphatic hydroxyl groups is 7. The van der Waals surface area contributed by atoms with E-state index in [0.717, 1.165) is 211 Å². The third kappa shape index (κ3) is 17.4. The predicted molar refractivity (Wildman–Crippen MR) is 523 cm³/mol. The molecule has 7 N–H and O–H groups in total. The van der Waals surface area contributed by atoms with Crippen LogP contribution in [0.25, 0.3) is 0 Å². The summed E-state index contributed by atoms with van der Waals surface area (Å²) >= 11 is 3.69. The minimum atomic E-state index is -0.700. The molecule has 0 spiro atoms. The maximum absolute atomic E-state index is 15.1. The summed E-state index contributed by atoms with van der Waals surface area (Å²) in [5.41, 5.74) is 7.17. The summed E-state index contributed by atoms with van der Waals surface area (Å²) in [5.74, 6) is 23.3. The second kappa shape index (κ2) is 35.1. The topological polar surface area (TPSA) is 142 Å². The first kappa shape index (κ1) is 97.9. The average molecular weight is 1810 g/mol. The van der Waals surface area contributed by atoms with Crippen molar-refractivity contribution in [3.63, 3.8) is 0 Å².